The first-order chi connectivity index (χ1) is 8.54. The number of aryl methyl sites for hydroxylation is 1. The fourth-order valence-corrected chi connectivity index (χ4v) is 1.39. The normalized spacial score (nSPS) is 9.89. The van der Waals surface area contributed by atoms with E-state index >= 15 is 0 Å². The van der Waals surface area contributed by atoms with Crippen LogP contribution in [0.25, 0.3) is 0 Å². The molecule has 0 saturated carbocycles. The third kappa shape index (κ3) is 4.08. The molecule has 0 aliphatic carbocycles. The lowest BCUT2D eigenvalue weighted by molar-refractivity contribution is -0.136. The molecule has 0 atom stereocenters. The van der Waals surface area contributed by atoms with Crippen LogP contribution >= 0.6 is 0 Å². The Bertz CT molecular complexity index is 444. The largest absolute Gasteiger partial charge is 0.506 e. The summed E-state index contributed by atoms with van der Waals surface area (Å²) in [6.07, 6.45) is 1.77. The van der Waals surface area contributed by atoms with E-state index in [9.17, 15) is 14.7 Å². The summed E-state index contributed by atoms with van der Waals surface area (Å²) in [5.41, 5.74) is 1.13. The summed E-state index contributed by atoms with van der Waals surface area (Å²) in [7, 11) is 0. The highest BCUT2D eigenvalue weighted by Crippen LogP contribution is 2.23. The highest BCUT2D eigenvalue weighted by atomic mass is 16.3. The van der Waals surface area contributed by atoms with Crippen LogP contribution in [0.1, 0.15) is 25.3 Å². The molecule has 0 aliphatic rings. The zero-order chi connectivity index (χ0) is 13.5. The summed E-state index contributed by atoms with van der Waals surface area (Å²) in [4.78, 5) is 22.9. The van der Waals surface area contributed by atoms with E-state index in [4.69, 9.17) is 0 Å². The van der Waals surface area contributed by atoms with Crippen LogP contribution in [-0.2, 0) is 9.59 Å². The molecule has 2 amide bonds. The molecule has 5 nitrogen and oxygen atoms in total. The molecule has 0 radical (unpaired) electrons. The molecule has 1 rings (SSSR count). The van der Waals surface area contributed by atoms with Crippen LogP contribution in [0.4, 0.5) is 5.69 Å². The molecule has 0 heterocycles. The molecule has 0 saturated heterocycles. The van der Waals surface area contributed by atoms with Crippen molar-refractivity contribution < 1.29 is 14.7 Å². The Labute approximate surface area is 106 Å². The predicted octanol–water partition coefficient (Wildman–Crippen LogP) is 1.56. The Kier molecular flexibility index (Phi) is 5.17. The van der Waals surface area contributed by atoms with Crippen molar-refractivity contribution in [3.63, 3.8) is 0 Å². The minimum atomic E-state index is -0.771. The van der Waals surface area contributed by atoms with Crippen molar-refractivity contribution in [3.8, 4) is 5.75 Å². The number of nitrogens with one attached hydrogen (secondary N) is 2. The van der Waals surface area contributed by atoms with Gasteiger partial charge in [0.25, 0.3) is 0 Å². The van der Waals surface area contributed by atoms with Gasteiger partial charge < -0.3 is 15.7 Å². The van der Waals surface area contributed by atoms with Crippen molar-refractivity contribution in [2.45, 2.75) is 26.7 Å². The van der Waals surface area contributed by atoms with Gasteiger partial charge in [-0.2, -0.15) is 0 Å². The van der Waals surface area contributed by atoms with E-state index in [1.54, 1.807) is 12.1 Å². The van der Waals surface area contributed by atoms with Gasteiger partial charge in [-0.3, -0.25) is 9.59 Å². The lowest BCUT2D eigenvalue weighted by Gasteiger charge is -2.08. The van der Waals surface area contributed by atoms with Gasteiger partial charge >= 0.3 is 11.8 Å². The van der Waals surface area contributed by atoms with Crippen molar-refractivity contribution in [2.75, 3.05) is 11.9 Å². The Morgan fingerprint density at radius 3 is 2.67 bits per heavy atom. The Morgan fingerprint density at radius 2 is 2.00 bits per heavy atom. The summed E-state index contributed by atoms with van der Waals surface area (Å²) in [5, 5.41) is 14.4. The van der Waals surface area contributed by atoms with Gasteiger partial charge in [0.05, 0.1) is 5.69 Å². The number of phenolic OH excluding ortho intramolecular Hbond substituents is 1. The zero-order valence-corrected chi connectivity index (χ0v) is 10.6. The maximum absolute atomic E-state index is 11.5. The first-order valence-corrected chi connectivity index (χ1v) is 5.93. The molecule has 0 bridgehead atoms. The molecule has 5 heteroatoms. The van der Waals surface area contributed by atoms with Crippen LogP contribution in [0.15, 0.2) is 18.2 Å². The average Bonchev–Trinajstić information content (AvgIpc) is 2.34. The molecule has 1 aromatic rings. The van der Waals surface area contributed by atoms with Gasteiger partial charge in [-0.05, 0) is 31.0 Å². The molecule has 98 valence electrons. The van der Waals surface area contributed by atoms with Gasteiger partial charge in [-0.25, -0.2) is 0 Å². The molecule has 0 aromatic heterocycles. The van der Waals surface area contributed by atoms with Crippen LogP contribution < -0.4 is 10.6 Å². The van der Waals surface area contributed by atoms with Crippen LogP contribution in [0, 0.1) is 6.92 Å². The number of carbonyl (C=O) groups is 2. The van der Waals surface area contributed by atoms with Crippen molar-refractivity contribution in [1.82, 2.24) is 5.32 Å². The fourth-order valence-electron chi connectivity index (χ4n) is 1.39. The monoisotopic (exact) mass is 250 g/mol. The lowest BCUT2D eigenvalue weighted by atomic mass is 10.2. The van der Waals surface area contributed by atoms with Crippen LogP contribution in [0.3, 0.4) is 0 Å². The molecular formula is C13H18N2O3. The maximum atomic E-state index is 11.5. The molecule has 0 spiro atoms. The van der Waals surface area contributed by atoms with Crippen molar-refractivity contribution >= 4 is 17.5 Å². The van der Waals surface area contributed by atoms with E-state index < -0.39 is 11.8 Å². The Morgan fingerprint density at radius 1 is 1.28 bits per heavy atom. The molecule has 18 heavy (non-hydrogen) atoms. The van der Waals surface area contributed by atoms with Gasteiger partial charge in [-0.1, -0.05) is 19.4 Å². The summed E-state index contributed by atoms with van der Waals surface area (Å²) in [5.74, 6) is -1.52. The second-order valence-corrected chi connectivity index (χ2v) is 4.08. The summed E-state index contributed by atoms with van der Waals surface area (Å²) < 4.78 is 0. The van der Waals surface area contributed by atoms with Gasteiger partial charge in [0.2, 0.25) is 0 Å². The van der Waals surface area contributed by atoms with Crippen LogP contribution in [-0.4, -0.2) is 23.5 Å². The number of hydrogen-bond donors (Lipinski definition) is 3. The Balaban J connectivity index is 2.58. The summed E-state index contributed by atoms with van der Waals surface area (Å²) in [6, 6.07) is 4.79. The molecule has 0 unspecified atom stereocenters. The van der Waals surface area contributed by atoms with Gasteiger partial charge in [-0.15, -0.1) is 0 Å². The van der Waals surface area contributed by atoms with Crippen LogP contribution in [0.2, 0.25) is 0 Å². The van der Waals surface area contributed by atoms with Gasteiger partial charge in [0.15, 0.2) is 0 Å². The highest BCUT2D eigenvalue weighted by Gasteiger charge is 2.14. The summed E-state index contributed by atoms with van der Waals surface area (Å²) >= 11 is 0. The maximum Gasteiger partial charge on any atom is 0.313 e. The average molecular weight is 250 g/mol. The lowest BCUT2D eigenvalue weighted by Crippen LogP contribution is -2.35. The predicted molar refractivity (Wildman–Crippen MR) is 69.4 cm³/mol. The molecule has 0 aliphatic heterocycles. The number of unbranched alkanes of at least 4 members (excludes halogenated alkanes) is 1. The number of amides is 2. The third-order valence-corrected chi connectivity index (χ3v) is 2.42. The number of carbonyl (C=O) groups excluding carboxylic acids is 2. The second kappa shape index (κ2) is 6.64. The van der Waals surface area contributed by atoms with Crippen molar-refractivity contribution in [2.24, 2.45) is 0 Å². The van der Waals surface area contributed by atoms with E-state index in [0.29, 0.717) is 6.54 Å². The zero-order valence-electron chi connectivity index (χ0n) is 10.6. The molecule has 1 aromatic carbocycles. The van der Waals surface area contributed by atoms with E-state index in [1.165, 1.54) is 6.07 Å². The minimum Gasteiger partial charge on any atom is -0.506 e. The second-order valence-electron chi connectivity index (χ2n) is 4.08. The van der Waals surface area contributed by atoms with Crippen LogP contribution in [0.5, 0.6) is 5.75 Å². The first kappa shape index (κ1) is 14.0. The molecule has 3 N–H and O–H groups in total. The highest BCUT2D eigenvalue weighted by molar-refractivity contribution is 6.39. The minimum absolute atomic E-state index is 0.0599. The van der Waals surface area contributed by atoms with Crippen molar-refractivity contribution in [3.05, 3.63) is 23.8 Å². The number of aromatic hydroxyl groups is 1. The third-order valence-electron chi connectivity index (χ3n) is 2.42. The SMILES string of the molecule is CCCCNC(=O)C(=O)Nc1cc(C)ccc1O. The number of hydrogen-bond acceptors (Lipinski definition) is 3. The van der Waals surface area contributed by atoms with Crippen molar-refractivity contribution in [1.29, 1.82) is 0 Å². The van der Waals surface area contributed by atoms with Gasteiger partial charge in [0.1, 0.15) is 5.75 Å². The number of anilines is 1. The van der Waals surface area contributed by atoms with E-state index in [1.807, 2.05) is 13.8 Å². The smallest absolute Gasteiger partial charge is 0.313 e. The standard InChI is InChI=1S/C13H18N2O3/c1-3-4-7-14-12(17)13(18)15-10-8-9(2)5-6-11(10)16/h5-6,8,16H,3-4,7H2,1-2H3,(H,14,17)(H,15,18). The van der Waals surface area contributed by atoms with E-state index in [0.717, 1.165) is 18.4 Å². The first-order valence-electron chi connectivity index (χ1n) is 5.93. The fraction of sp³-hybridized carbons (Fsp3) is 0.385. The topological polar surface area (TPSA) is 78.4 Å². The van der Waals surface area contributed by atoms with Gasteiger partial charge in [0, 0.05) is 6.54 Å². The summed E-state index contributed by atoms with van der Waals surface area (Å²) in [6.45, 7) is 4.30. The molecular weight excluding hydrogens is 232 g/mol. The molecule has 0 fully saturated rings. The Hall–Kier alpha value is -2.04. The van der Waals surface area contributed by atoms with E-state index in [2.05, 4.69) is 10.6 Å². The quantitative estimate of drug-likeness (QED) is 0.431. The number of benzene rings is 1. The van der Waals surface area contributed by atoms with E-state index in [-0.39, 0.29) is 11.4 Å². The number of phenols is 1. The number of rotatable bonds is 4.